The topological polar surface area (TPSA) is 66.5 Å². The number of fused-ring (bicyclic) bond motifs is 2. The van der Waals surface area contributed by atoms with Crippen LogP contribution in [0.3, 0.4) is 0 Å². The van der Waals surface area contributed by atoms with Gasteiger partial charge in [-0.2, -0.15) is 0 Å². The van der Waals surface area contributed by atoms with Crippen molar-refractivity contribution < 1.29 is 13.2 Å². The molecule has 1 aromatic rings. The van der Waals surface area contributed by atoms with E-state index in [9.17, 15) is 13.2 Å². The molecule has 1 aromatic carbocycles. The standard InChI is InChI=1S/C16H21ClN2O3S/c1-23(21,22)19(15-5-3-2-4-13(15)17)10-16(20)18-14-9-11-6-7-12(14)8-11/h2-5,11-12,14H,6-10H2,1H3,(H,18,20)/t11-,12-,14-/m0/s1. The lowest BCUT2D eigenvalue weighted by Crippen LogP contribution is -2.45. The van der Waals surface area contributed by atoms with Gasteiger partial charge in [0, 0.05) is 6.04 Å². The largest absolute Gasteiger partial charge is 0.352 e. The predicted octanol–water partition coefficient (Wildman–Crippen LogP) is 2.41. The SMILES string of the molecule is CS(=O)(=O)N(CC(=O)N[C@H]1C[C@H]2CC[C@H]1C2)c1ccccc1Cl. The number of carbonyl (C=O) groups excluding carboxylic acids is 1. The molecule has 3 atom stereocenters. The minimum Gasteiger partial charge on any atom is -0.352 e. The summed E-state index contributed by atoms with van der Waals surface area (Å²) in [5.41, 5.74) is 0.333. The first-order chi connectivity index (χ1) is 10.8. The molecule has 0 unspecified atom stereocenters. The van der Waals surface area contributed by atoms with E-state index < -0.39 is 10.0 Å². The Bertz CT molecular complexity index is 707. The Balaban J connectivity index is 1.72. The Morgan fingerprint density at radius 1 is 1.30 bits per heavy atom. The summed E-state index contributed by atoms with van der Waals surface area (Å²) in [6.07, 6.45) is 5.70. The van der Waals surface area contributed by atoms with Crippen molar-refractivity contribution in [2.24, 2.45) is 11.8 Å². The lowest BCUT2D eigenvalue weighted by atomic mass is 9.95. The summed E-state index contributed by atoms with van der Waals surface area (Å²) in [6.45, 7) is -0.240. The quantitative estimate of drug-likeness (QED) is 0.881. The second kappa shape index (κ2) is 6.32. The second-order valence-electron chi connectivity index (χ2n) is 6.57. The molecule has 0 saturated heterocycles. The van der Waals surface area contributed by atoms with Crippen LogP contribution in [0, 0.1) is 11.8 Å². The van der Waals surface area contributed by atoms with Gasteiger partial charge < -0.3 is 5.32 Å². The third-order valence-corrected chi connectivity index (χ3v) is 6.34. The van der Waals surface area contributed by atoms with Crippen LogP contribution in [0.25, 0.3) is 0 Å². The van der Waals surface area contributed by atoms with Gasteiger partial charge in [0.15, 0.2) is 0 Å². The second-order valence-corrected chi connectivity index (χ2v) is 8.88. The molecule has 2 aliphatic carbocycles. The maximum Gasteiger partial charge on any atom is 0.241 e. The number of carbonyl (C=O) groups is 1. The van der Waals surface area contributed by atoms with Crippen LogP contribution in [-0.2, 0) is 14.8 Å². The van der Waals surface area contributed by atoms with E-state index in [0.717, 1.165) is 29.3 Å². The monoisotopic (exact) mass is 356 g/mol. The summed E-state index contributed by atoms with van der Waals surface area (Å²) in [5, 5.41) is 3.32. The number of para-hydroxylation sites is 1. The summed E-state index contributed by atoms with van der Waals surface area (Å²) >= 11 is 6.09. The molecule has 2 aliphatic rings. The van der Waals surface area contributed by atoms with E-state index in [-0.39, 0.29) is 18.5 Å². The normalized spacial score (nSPS) is 26.3. The van der Waals surface area contributed by atoms with Gasteiger partial charge in [0.2, 0.25) is 15.9 Å². The predicted molar refractivity (Wildman–Crippen MR) is 91.0 cm³/mol. The molecule has 126 valence electrons. The molecule has 0 heterocycles. The number of nitrogens with one attached hydrogen (secondary N) is 1. The van der Waals surface area contributed by atoms with Crippen molar-refractivity contribution in [1.29, 1.82) is 0 Å². The van der Waals surface area contributed by atoms with Gasteiger partial charge in [0.05, 0.1) is 17.0 Å². The van der Waals surface area contributed by atoms with Gasteiger partial charge in [-0.15, -0.1) is 0 Å². The molecule has 1 amide bonds. The Morgan fingerprint density at radius 3 is 2.61 bits per heavy atom. The molecule has 1 N–H and O–H groups in total. The first-order valence-electron chi connectivity index (χ1n) is 7.86. The van der Waals surface area contributed by atoms with Crippen LogP contribution in [-0.4, -0.2) is 33.2 Å². The zero-order valence-corrected chi connectivity index (χ0v) is 14.6. The number of amides is 1. The number of rotatable bonds is 5. The number of hydrogen-bond acceptors (Lipinski definition) is 3. The highest BCUT2D eigenvalue weighted by molar-refractivity contribution is 7.92. The van der Waals surface area contributed by atoms with Crippen LogP contribution in [0.2, 0.25) is 5.02 Å². The van der Waals surface area contributed by atoms with Crippen molar-refractivity contribution >= 4 is 33.2 Å². The molecule has 0 aromatic heterocycles. The highest BCUT2D eigenvalue weighted by Gasteiger charge is 2.40. The van der Waals surface area contributed by atoms with Crippen LogP contribution in [0.15, 0.2) is 24.3 Å². The van der Waals surface area contributed by atoms with Crippen LogP contribution < -0.4 is 9.62 Å². The molecule has 0 spiro atoms. The first-order valence-corrected chi connectivity index (χ1v) is 10.1. The van der Waals surface area contributed by atoms with Gasteiger partial charge in [0.25, 0.3) is 0 Å². The van der Waals surface area contributed by atoms with Crippen molar-refractivity contribution in [3.8, 4) is 0 Å². The fraction of sp³-hybridized carbons (Fsp3) is 0.562. The molecule has 2 fully saturated rings. The van der Waals surface area contributed by atoms with Crippen molar-refractivity contribution in [1.82, 2.24) is 5.32 Å². The number of halogens is 1. The number of nitrogens with zero attached hydrogens (tertiary/aromatic N) is 1. The zero-order chi connectivity index (χ0) is 16.6. The number of hydrogen-bond donors (Lipinski definition) is 1. The molecule has 2 bridgehead atoms. The van der Waals surface area contributed by atoms with Gasteiger partial charge in [0.1, 0.15) is 6.54 Å². The molecule has 3 rings (SSSR count). The number of sulfonamides is 1. The number of benzene rings is 1. The van der Waals surface area contributed by atoms with Gasteiger partial charge >= 0.3 is 0 Å². The Hall–Kier alpha value is -1.27. The minimum absolute atomic E-state index is 0.189. The first kappa shape index (κ1) is 16.6. The molecule has 5 nitrogen and oxygen atoms in total. The summed E-state index contributed by atoms with van der Waals surface area (Å²) in [7, 11) is -3.59. The molecular weight excluding hydrogens is 336 g/mol. The molecule has 23 heavy (non-hydrogen) atoms. The van der Waals surface area contributed by atoms with E-state index in [2.05, 4.69) is 5.32 Å². The highest BCUT2D eigenvalue weighted by atomic mass is 35.5. The van der Waals surface area contributed by atoms with E-state index in [4.69, 9.17) is 11.6 Å². The number of anilines is 1. The van der Waals surface area contributed by atoms with Crippen LogP contribution in [0.1, 0.15) is 25.7 Å². The summed E-state index contributed by atoms with van der Waals surface area (Å²) < 4.78 is 25.2. The average molecular weight is 357 g/mol. The van der Waals surface area contributed by atoms with Crippen molar-refractivity contribution in [3.63, 3.8) is 0 Å². The van der Waals surface area contributed by atoms with E-state index >= 15 is 0 Å². The van der Waals surface area contributed by atoms with Gasteiger partial charge in [-0.3, -0.25) is 9.10 Å². The van der Waals surface area contributed by atoms with Crippen molar-refractivity contribution in [3.05, 3.63) is 29.3 Å². The Morgan fingerprint density at radius 2 is 2.04 bits per heavy atom. The van der Waals surface area contributed by atoms with E-state index in [1.165, 1.54) is 12.8 Å². The van der Waals surface area contributed by atoms with E-state index in [0.29, 0.717) is 16.6 Å². The van der Waals surface area contributed by atoms with Crippen molar-refractivity contribution in [2.45, 2.75) is 31.7 Å². The Labute approximate surface area is 142 Å². The van der Waals surface area contributed by atoms with Gasteiger partial charge in [-0.1, -0.05) is 30.2 Å². The van der Waals surface area contributed by atoms with E-state index in [1.807, 2.05) is 0 Å². The molecule has 7 heteroatoms. The third kappa shape index (κ3) is 3.63. The smallest absolute Gasteiger partial charge is 0.241 e. The molecular formula is C16H21ClN2O3S. The van der Waals surface area contributed by atoms with Gasteiger partial charge in [-0.05, 0) is 43.2 Å². The fourth-order valence-corrected chi connectivity index (χ4v) is 5.00. The van der Waals surface area contributed by atoms with Crippen molar-refractivity contribution in [2.75, 3.05) is 17.1 Å². The van der Waals surface area contributed by atoms with Crippen LogP contribution in [0.5, 0.6) is 0 Å². The van der Waals surface area contributed by atoms with Gasteiger partial charge in [-0.25, -0.2) is 8.42 Å². The molecule has 2 saturated carbocycles. The summed E-state index contributed by atoms with van der Waals surface area (Å²) in [5.74, 6) is 1.00. The third-order valence-electron chi connectivity index (χ3n) is 4.89. The maximum absolute atomic E-state index is 12.4. The van der Waals surface area contributed by atoms with E-state index in [1.54, 1.807) is 24.3 Å². The minimum atomic E-state index is -3.59. The molecule has 0 aliphatic heterocycles. The maximum atomic E-state index is 12.4. The van der Waals surface area contributed by atoms with Crippen LogP contribution >= 0.6 is 11.6 Å². The summed E-state index contributed by atoms with van der Waals surface area (Å²) in [6, 6.07) is 6.83. The highest BCUT2D eigenvalue weighted by Crippen LogP contribution is 2.44. The zero-order valence-electron chi connectivity index (χ0n) is 13.0. The fourth-order valence-electron chi connectivity index (χ4n) is 3.84. The lowest BCUT2D eigenvalue weighted by Gasteiger charge is -2.26. The Kier molecular flexibility index (Phi) is 4.56. The summed E-state index contributed by atoms with van der Waals surface area (Å²) in [4.78, 5) is 12.4. The molecule has 0 radical (unpaired) electrons. The lowest BCUT2D eigenvalue weighted by molar-refractivity contribution is -0.120. The average Bonchev–Trinajstić information content (AvgIpc) is 3.07. The van der Waals surface area contributed by atoms with Crippen LogP contribution in [0.4, 0.5) is 5.69 Å².